The quantitative estimate of drug-likeness (QED) is 0.275. The van der Waals surface area contributed by atoms with Gasteiger partial charge in [0.1, 0.15) is 16.5 Å². The molecule has 214 valence electrons. The number of hydrogen-bond acceptors (Lipinski definition) is 10. The average Bonchev–Trinajstić information content (AvgIpc) is 3.30. The van der Waals surface area contributed by atoms with Gasteiger partial charge in [-0.3, -0.25) is 9.78 Å². The minimum absolute atomic E-state index is 0.0326. The van der Waals surface area contributed by atoms with Crippen molar-refractivity contribution in [3.8, 4) is 16.3 Å². The number of alkyl halides is 3. The number of ether oxygens (including phenoxy) is 2. The number of benzene rings is 1. The average molecular weight is 582 g/mol. The molecule has 40 heavy (non-hydrogen) atoms. The molecule has 1 atom stereocenters. The number of halogens is 3. The summed E-state index contributed by atoms with van der Waals surface area (Å²) < 4.78 is 47.6. The number of carbonyl (C=O) groups is 3. The summed E-state index contributed by atoms with van der Waals surface area (Å²) in [6, 6.07) is 10.4. The summed E-state index contributed by atoms with van der Waals surface area (Å²) >= 11 is 1.37. The third-order valence-electron chi connectivity index (χ3n) is 5.21. The van der Waals surface area contributed by atoms with Crippen molar-refractivity contribution in [1.82, 2.24) is 15.3 Å². The van der Waals surface area contributed by atoms with Crippen LogP contribution in [0.25, 0.3) is 10.6 Å². The molecule has 14 heteroatoms. The summed E-state index contributed by atoms with van der Waals surface area (Å²) in [5.41, 5.74) is 2.06. The lowest BCUT2D eigenvalue weighted by Gasteiger charge is -2.18. The molecular formula is C26H26F3N3O7S. The summed E-state index contributed by atoms with van der Waals surface area (Å²) in [5, 5.41) is 3.43. The van der Waals surface area contributed by atoms with Gasteiger partial charge in [-0.2, -0.15) is 13.2 Å². The van der Waals surface area contributed by atoms with Crippen LogP contribution in [0.5, 0.6) is 5.75 Å². The highest BCUT2D eigenvalue weighted by atomic mass is 32.1. The molecule has 1 aromatic carbocycles. The molecule has 0 aliphatic heterocycles. The molecule has 2 aromatic heterocycles. The summed E-state index contributed by atoms with van der Waals surface area (Å²) in [4.78, 5) is 53.0. The van der Waals surface area contributed by atoms with E-state index in [2.05, 4.69) is 25.1 Å². The summed E-state index contributed by atoms with van der Waals surface area (Å²) in [6.07, 6.45) is -5.89. The highest BCUT2D eigenvalue weighted by Crippen LogP contribution is 2.29. The van der Waals surface area contributed by atoms with Crippen molar-refractivity contribution in [3.63, 3.8) is 0 Å². The zero-order chi connectivity index (χ0) is 29.4. The Morgan fingerprint density at radius 2 is 1.77 bits per heavy atom. The Morgan fingerprint density at radius 3 is 2.40 bits per heavy atom. The molecule has 0 fully saturated rings. The fraction of sp³-hybridized carbons (Fsp3) is 0.346. The van der Waals surface area contributed by atoms with Crippen LogP contribution >= 0.6 is 11.3 Å². The Balaban J connectivity index is 1.64. The fourth-order valence-electron chi connectivity index (χ4n) is 3.38. The molecule has 0 aliphatic carbocycles. The maximum absolute atomic E-state index is 12.8. The summed E-state index contributed by atoms with van der Waals surface area (Å²) in [6.45, 7) is 5.04. The fourth-order valence-corrected chi connectivity index (χ4v) is 4.30. The minimum Gasteiger partial charge on any atom is -0.497 e. The van der Waals surface area contributed by atoms with Crippen molar-refractivity contribution in [2.75, 3.05) is 7.11 Å². The normalized spacial score (nSPS) is 12.1. The third kappa shape index (κ3) is 8.48. The number of aromatic nitrogens is 2. The van der Waals surface area contributed by atoms with E-state index in [4.69, 9.17) is 9.47 Å². The highest BCUT2D eigenvalue weighted by Gasteiger charge is 2.43. The van der Waals surface area contributed by atoms with Crippen molar-refractivity contribution in [2.45, 2.75) is 52.1 Å². The van der Waals surface area contributed by atoms with E-state index in [-0.39, 0.29) is 18.7 Å². The SMILES string of the molecule is COc1ccc(-c2nc(C(=O)NCc3cc(CC(OC(C)C)C(=O)OOC(=O)C(F)(F)F)ccn3)c(C)s2)cc1. The lowest BCUT2D eigenvalue weighted by atomic mass is 10.1. The van der Waals surface area contributed by atoms with Crippen LogP contribution < -0.4 is 10.1 Å². The van der Waals surface area contributed by atoms with Crippen LogP contribution in [0.2, 0.25) is 0 Å². The molecule has 0 spiro atoms. The van der Waals surface area contributed by atoms with Gasteiger partial charge in [0.15, 0.2) is 6.10 Å². The lowest BCUT2D eigenvalue weighted by Crippen LogP contribution is -2.34. The van der Waals surface area contributed by atoms with Crippen LogP contribution in [0.3, 0.4) is 0 Å². The maximum Gasteiger partial charge on any atom is 0.495 e. The number of hydrogen-bond donors (Lipinski definition) is 1. The van der Waals surface area contributed by atoms with Gasteiger partial charge < -0.3 is 14.8 Å². The first-order valence-corrected chi connectivity index (χ1v) is 12.7. The first-order valence-electron chi connectivity index (χ1n) is 11.9. The van der Waals surface area contributed by atoms with Gasteiger partial charge in [-0.1, -0.05) is 0 Å². The van der Waals surface area contributed by atoms with Gasteiger partial charge >= 0.3 is 18.1 Å². The van der Waals surface area contributed by atoms with Crippen molar-refractivity contribution in [2.24, 2.45) is 0 Å². The van der Waals surface area contributed by atoms with Crippen molar-refractivity contribution in [3.05, 3.63) is 64.4 Å². The molecular weight excluding hydrogens is 555 g/mol. The number of rotatable bonds is 10. The highest BCUT2D eigenvalue weighted by molar-refractivity contribution is 7.15. The largest absolute Gasteiger partial charge is 0.497 e. The molecule has 2 heterocycles. The van der Waals surface area contributed by atoms with Crippen LogP contribution in [0.1, 0.15) is 40.5 Å². The predicted molar refractivity (Wildman–Crippen MR) is 136 cm³/mol. The standard InChI is InChI=1S/C26H26F3N3O7S/c1-14(2)37-20(24(34)38-39-25(35)26(27,28)29)12-16-9-10-30-18(11-16)13-31-22(33)21-15(3)40-23(32-21)17-5-7-19(36-4)8-6-17/h5-11,14,20H,12-13H2,1-4H3,(H,31,33). The van der Waals surface area contributed by atoms with Gasteiger partial charge in [-0.05, 0) is 62.7 Å². The predicted octanol–water partition coefficient (Wildman–Crippen LogP) is 4.35. The Labute approximate surface area is 231 Å². The van der Waals surface area contributed by atoms with Crippen molar-refractivity contribution >= 4 is 29.2 Å². The number of methoxy groups -OCH3 is 1. The first kappa shape index (κ1) is 30.5. The van der Waals surface area contributed by atoms with Crippen LogP contribution in [0, 0.1) is 6.92 Å². The topological polar surface area (TPSA) is 126 Å². The van der Waals surface area contributed by atoms with E-state index in [0.29, 0.717) is 22.0 Å². The van der Waals surface area contributed by atoms with Gasteiger partial charge in [-0.25, -0.2) is 24.3 Å². The molecule has 0 radical (unpaired) electrons. The van der Waals surface area contributed by atoms with E-state index in [0.717, 1.165) is 10.4 Å². The number of nitrogens with one attached hydrogen (secondary N) is 1. The molecule has 0 saturated carbocycles. The van der Waals surface area contributed by atoms with E-state index < -0.39 is 36.2 Å². The van der Waals surface area contributed by atoms with Crippen LogP contribution in [-0.2, 0) is 37.1 Å². The Bertz CT molecular complexity index is 1340. The van der Waals surface area contributed by atoms with Gasteiger partial charge in [0, 0.05) is 23.1 Å². The number of aryl methyl sites for hydroxylation is 1. The minimum atomic E-state index is -5.33. The summed E-state index contributed by atoms with van der Waals surface area (Å²) in [7, 11) is 1.57. The number of nitrogens with zero attached hydrogens (tertiary/aromatic N) is 2. The molecule has 1 amide bonds. The molecule has 3 aromatic rings. The molecule has 1 N–H and O–H groups in total. The van der Waals surface area contributed by atoms with Crippen molar-refractivity contribution < 1.29 is 46.8 Å². The Kier molecular flexibility index (Phi) is 10.2. The smallest absolute Gasteiger partial charge is 0.495 e. The first-order chi connectivity index (χ1) is 18.9. The number of thiazole rings is 1. The zero-order valence-electron chi connectivity index (χ0n) is 21.9. The lowest BCUT2D eigenvalue weighted by molar-refractivity contribution is -0.290. The van der Waals surface area contributed by atoms with Gasteiger partial charge in [-0.15, -0.1) is 11.3 Å². The van der Waals surface area contributed by atoms with Crippen LogP contribution in [-0.4, -0.2) is 53.3 Å². The van der Waals surface area contributed by atoms with Gasteiger partial charge in [0.05, 0.1) is 25.5 Å². The molecule has 3 rings (SSSR count). The summed E-state index contributed by atoms with van der Waals surface area (Å²) in [5.74, 6) is -3.69. The van der Waals surface area contributed by atoms with Gasteiger partial charge in [0.2, 0.25) is 0 Å². The second kappa shape index (κ2) is 13.3. The van der Waals surface area contributed by atoms with E-state index in [9.17, 15) is 27.6 Å². The molecule has 10 nitrogen and oxygen atoms in total. The van der Waals surface area contributed by atoms with E-state index >= 15 is 0 Å². The Hall–Kier alpha value is -4.04. The molecule has 0 bridgehead atoms. The monoisotopic (exact) mass is 581 g/mol. The second-order valence-electron chi connectivity index (χ2n) is 8.64. The number of amides is 1. The van der Waals surface area contributed by atoms with Crippen LogP contribution in [0.4, 0.5) is 13.2 Å². The van der Waals surface area contributed by atoms with Gasteiger partial charge in [0.25, 0.3) is 5.91 Å². The third-order valence-corrected chi connectivity index (χ3v) is 6.23. The zero-order valence-corrected chi connectivity index (χ0v) is 22.7. The van der Waals surface area contributed by atoms with E-state index in [1.54, 1.807) is 52.1 Å². The number of carbonyl (C=O) groups excluding carboxylic acids is 3. The second-order valence-corrected chi connectivity index (χ2v) is 9.84. The number of pyridine rings is 1. The van der Waals surface area contributed by atoms with E-state index in [1.165, 1.54) is 17.5 Å². The Morgan fingerprint density at radius 1 is 1.07 bits per heavy atom. The molecule has 0 aliphatic rings. The molecule has 0 saturated heterocycles. The maximum atomic E-state index is 12.8. The molecule has 1 unspecified atom stereocenters. The van der Waals surface area contributed by atoms with Crippen LogP contribution in [0.15, 0.2) is 42.6 Å². The van der Waals surface area contributed by atoms with E-state index in [1.807, 2.05) is 12.1 Å². The van der Waals surface area contributed by atoms with Crippen molar-refractivity contribution in [1.29, 1.82) is 0 Å².